The van der Waals surface area contributed by atoms with Crippen molar-refractivity contribution in [3.05, 3.63) is 86.0 Å². The third-order valence-corrected chi connectivity index (χ3v) is 5.58. The molecule has 0 amide bonds. The van der Waals surface area contributed by atoms with Crippen molar-refractivity contribution in [1.29, 1.82) is 0 Å². The molecule has 0 N–H and O–H groups in total. The molecule has 0 spiro atoms. The van der Waals surface area contributed by atoms with Crippen LogP contribution in [0, 0.1) is 0 Å². The van der Waals surface area contributed by atoms with Gasteiger partial charge in [0.1, 0.15) is 16.1 Å². The summed E-state index contributed by atoms with van der Waals surface area (Å²) in [6.45, 7) is 0. The molecule has 0 aliphatic heterocycles. The lowest BCUT2D eigenvalue weighted by Crippen LogP contribution is -2.23. The molecule has 0 bridgehead atoms. The first-order valence-electron chi connectivity index (χ1n) is 8.35. The van der Waals surface area contributed by atoms with Crippen LogP contribution in [-0.2, 0) is 0 Å². The molecule has 0 saturated carbocycles. The second-order valence-electron chi connectivity index (χ2n) is 5.99. The third-order valence-electron chi connectivity index (χ3n) is 4.13. The predicted molar refractivity (Wildman–Crippen MR) is 111 cm³/mol. The molecule has 1 aromatic carbocycles. The van der Waals surface area contributed by atoms with Crippen molar-refractivity contribution in [2.45, 2.75) is 0 Å². The molecule has 0 fully saturated rings. The van der Waals surface area contributed by atoms with Crippen LogP contribution in [0.5, 0.6) is 0 Å². The third kappa shape index (κ3) is 3.06. The van der Waals surface area contributed by atoms with Gasteiger partial charge in [0.2, 0.25) is 4.96 Å². The van der Waals surface area contributed by atoms with Crippen LogP contribution in [0.2, 0.25) is 0 Å². The number of halogens is 1. The van der Waals surface area contributed by atoms with E-state index in [0.717, 1.165) is 21.4 Å². The van der Waals surface area contributed by atoms with Crippen LogP contribution in [0.15, 0.2) is 74.6 Å². The highest BCUT2D eigenvalue weighted by Crippen LogP contribution is 2.25. The number of hydrogen-bond acceptors (Lipinski definition) is 6. The van der Waals surface area contributed by atoms with Gasteiger partial charge < -0.3 is 4.42 Å². The van der Waals surface area contributed by atoms with Gasteiger partial charge in [-0.3, -0.25) is 9.78 Å². The van der Waals surface area contributed by atoms with Crippen LogP contribution in [0.4, 0.5) is 0 Å². The molecule has 4 heterocycles. The van der Waals surface area contributed by atoms with Gasteiger partial charge in [-0.2, -0.15) is 9.50 Å². The Hall–Kier alpha value is -3.10. The van der Waals surface area contributed by atoms with E-state index in [1.54, 1.807) is 18.5 Å². The van der Waals surface area contributed by atoms with Gasteiger partial charge in [0.15, 0.2) is 5.82 Å². The first kappa shape index (κ1) is 17.0. The van der Waals surface area contributed by atoms with E-state index in [4.69, 9.17) is 4.42 Å². The van der Waals surface area contributed by atoms with E-state index < -0.39 is 0 Å². The van der Waals surface area contributed by atoms with Crippen molar-refractivity contribution in [2.24, 2.45) is 0 Å². The minimum absolute atomic E-state index is 0.215. The van der Waals surface area contributed by atoms with Gasteiger partial charge in [0, 0.05) is 34.1 Å². The molecule has 0 aliphatic carbocycles. The lowest BCUT2D eigenvalue weighted by molar-refractivity contribution is 0.571. The molecule has 8 heteroatoms. The summed E-state index contributed by atoms with van der Waals surface area (Å²) in [5.41, 5.74) is 1.56. The average Bonchev–Trinajstić information content (AvgIpc) is 3.41. The fourth-order valence-corrected chi connectivity index (χ4v) is 4.10. The van der Waals surface area contributed by atoms with Gasteiger partial charge in [0.05, 0.1) is 0 Å². The SMILES string of the molecule is O=c1/c(=C/c2ccc(-c3cccc(Br)c3)o2)sc2nc(-c3ccncc3)nn12. The molecule has 28 heavy (non-hydrogen) atoms. The normalized spacial score (nSPS) is 12.1. The molecule has 6 nitrogen and oxygen atoms in total. The standard InChI is InChI=1S/C20H11BrN4O2S/c21-14-3-1-2-13(10-14)16-5-4-15(27-16)11-17-19(26)25-20(28-17)23-18(24-25)12-6-8-22-9-7-12/h1-11H/b17-11-. The predicted octanol–water partition coefficient (Wildman–Crippen LogP) is 3.78. The van der Waals surface area contributed by atoms with Gasteiger partial charge in [-0.15, -0.1) is 5.10 Å². The van der Waals surface area contributed by atoms with Crippen LogP contribution in [0.25, 0.3) is 33.7 Å². The van der Waals surface area contributed by atoms with Crippen LogP contribution < -0.4 is 10.1 Å². The molecular formula is C20H11BrN4O2S. The van der Waals surface area contributed by atoms with E-state index >= 15 is 0 Å². The number of aromatic nitrogens is 4. The van der Waals surface area contributed by atoms with E-state index in [1.807, 2.05) is 48.5 Å². The molecule has 0 atom stereocenters. The Morgan fingerprint density at radius 1 is 1.07 bits per heavy atom. The van der Waals surface area contributed by atoms with E-state index in [0.29, 0.717) is 21.1 Å². The zero-order valence-corrected chi connectivity index (χ0v) is 16.6. The van der Waals surface area contributed by atoms with Crippen molar-refractivity contribution in [3.63, 3.8) is 0 Å². The van der Waals surface area contributed by atoms with Crippen LogP contribution >= 0.6 is 27.3 Å². The van der Waals surface area contributed by atoms with Crippen LogP contribution in [0.1, 0.15) is 5.76 Å². The van der Waals surface area contributed by atoms with Crippen molar-refractivity contribution in [3.8, 4) is 22.7 Å². The summed E-state index contributed by atoms with van der Waals surface area (Å²) in [5, 5.41) is 4.33. The lowest BCUT2D eigenvalue weighted by atomic mass is 10.2. The topological polar surface area (TPSA) is 73.3 Å². The van der Waals surface area contributed by atoms with E-state index in [9.17, 15) is 4.79 Å². The Balaban J connectivity index is 1.53. The molecular weight excluding hydrogens is 440 g/mol. The Bertz CT molecular complexity index is 1410. The quantitative estimate of drug-likeness (QED) is 0.418. The first-order valence-corrected chi connectivity index (χ1v) is 9.96. The van der Waals surface area contributed by atoms with E-state index in [2.05, 4.69) is 31.0 Å². The zero-order valence-electron chi connectivity index (χ0n) is 14.2. The number of fused-ring (bicyclic) bond motifs is 1. The molecule has 0 aliphatic rings. The highest BCUT2D eigenvalue weighted by atomic mass is 79.9. The minimum atomic E-state index is -0.215. The summed E-state index contributed by atoms with van der Waals surface area (Å²) in [6.07, 6.45) is 5.06. The maximum atomic E-state index is 12.7. The number of thiazole rings is 1. The summed E-state index contributed by atoms with van der Waals surface area (Å²) < 4.78 is 8.70. The maximum Gasteiger partial charge on any atom is 0.291 e. The number of benzene rings is 1. The molecule has 0 radical (unpaired) electrons. The zero-order chi connectivity index (χ0) is 19.1. The molecule has 5 rings (SSSR count). The number of rotatable bonds is 3. The van der Waals surface area contributed by atoms with Crippen LogP contribution in [0.3, 0.4) is 0 Å². The van der Waals surface area contributed by atoms with Gasteiger partial charge in [-0.25, -0.2) is 0 Å². The summed E-state index contributed by atoms with van der Waals surface area (Å²) in [4.78, 5) is 21.7. The second kappa shape index (κ2) is 6.81. The molecule has 136 valence electrons. The maximum absolute atomic E-state index is 12.7. The van der Waals surface area contributed by atoms with Gasteiger partial charge in [-0.05, 0) is 36.4 Å². The molecule has 0 unspecified atom stereocenters. The van der Waals surface area contributed by atoms with E-state index in [1.165, 1.54) is 15.9 Å². The molecule has 5 aromatic rings. The highest BCUT2D eigenvalue weighted by Gasteiger charge is 2.12. The Morgan fingerprint density at radius 2 is 1.93 bits per heavy atom. The van der Waals surface area contributed by atoms with Crippen LogP contribution in [-0.4, -0.2) is 19.6 Å². The smallest absolute Gasteiger partial charge is 0.291 e. The van der Waals surface area contributed by atoms with Crippen molar-refractivity contribution in [2.75, 3.05) is 0 Å². The number of pyridine rings is 1. The van der Waals surface area contributed by atoms with Gasteiger partial charge >= 0.3 is 0 Å². The van der Waals surface area contributed by atoms with Crippen molar-refractivity contribution >= 4 is 38.3 Å². The monoisotopic (exact) mass is 450 g/mol. The fourth-order valence-electron chi connectivity index (χ4n) is 2.81. The van der Waals surface area contributed by atoms with Crippen molar-refractivity contribution in [1.82, 2.24) is 19.6 Å². The Kier molecular flexibility index (Phi) is 4.14. The number of furan rings is 1. The molecule has 4 aromatic heterocycles. The Labute approximate surface area is 170 Å². The minimum Gasteiger partial charge on any atom is -0.457 e. The van der Waals surface area contributed by atoms with Gasteiger partial charge in [0.25, 0.3) is 5.56 Å². The second-order valence-corrected chi connectivity index (χ2v) is 7.92. The first-order chi connectivity index (χ1) is 13.7. The summed E-state index contributed by atoms with van der Waals surface area (Å²) in [6, 6.07) is 15.2. The van der Waals surface area contributed by atoms with Crippen molar-refractivity contribution < 1.29 is 4.42 Å². The fraction of sp³-hybridized carbons (Fsp3) is 0. The van der Waals surface area contributed by atoms with E-state index in [-0.39, 0.29) is 5.56 Å². The lowest BCUT2D eigenvalue weighted by Gasteiger charge is -1.96. The number of hydrogen-bond donors (Lipinski definition) is 0. The summed E-state index contributed by atoms with van der Waals surface area (Å²) >= 11 is 4.74. The summed E-state index contributed by atoms with van der Waals surface area (Å²) in [5.74, 6) is 1.85. The van der Waals surface area contributed by atoms with Gasteiger partial charge in [-0.1, -0.05) is 39.4 Å². The summed E-state index contributed by atoms with van der Waals surface area (Å²) in [7, 11) is 0. The average molecular weight is 451 g/mol. The highest BCUT2D eigenvalue weighted by molar-refractivity contribution is 9.10. The molecule has 0 saturated heterocycles. The largest absolute Gasteiger partial charge is 0.457 e. The Morgan fingerprint density at radius 3 is 2.71 bits per heavy atom. The number of nitrogens with zero attached hydrogens (tertiary/aromatic N) is 4.